The molecule has 0 rings (SSSR count). The van der Waals surface area contributed by atoms with E-state index in [9.17, 15) is 19.0 Å². The van der Waals surface area contributed by atoms with Crippen LogP contribution in [0, 0.1) is 0 Å². The summed E-state index contributed by atoms with van der Waals surface area (Å²) in [5, 5.41) is 0. The van der Waals surface area contributed by atoms with Crippen LogP contribution in [0.15, 0.2) is 158 Å². The van der Waals surface area contributed by atoms with Crippen LogP contribution in [0.5, 0.6) is 0 Å². The molecule has 0 aromatic carbocycles. The van der Waals surface area contributed by atoms with Crippen molar-refractivity contribution in [3.8, 4) is 0 Å². The summed E-state index contributed by atoms with van der Waals surface area (Å²) in [6, 6.07) is 0. The maximum atomic E-state index is 12.8. The van der Waals surface area contributed by atoms with E-state index < -0.39 is 26.5 Å². The second kappa shape index (κ2) is 74.7. The predicted octanol–water partition coefficient (Wildman–Crippen LogP) is 24.7. The second-order valence-electron chi connectivity index (χ2n) is 24.0. The van der Waals surface area contributed by atoms with E-state index in [1.54, 1.807) is 0 Å². The largest absolute Gasteiger partial charge is 0.472 e. The summed E-state index contributed by atoms with van der Waals surface area (Å²) < 4.78 is 33.2. The van der Waals surface area contributed by atoms with Gasteiger partial charge in [-0.25, -0.2) is 4.57 Å². The highest BCUT2D eigenvalue weighted by molar-refractivity contribution is 7.47. The van der Waals surface area contributed by atoms with Crippen molar-refractivity contribution >= 4 is 19.8 Å². The van der Waals surface area contributed by atoms with Crippen LogP contribution < -0.4 is 5.73 Å². The van der Waals surface area contributed by atoms with Gasteiger partial charge in [0.05, 0.1) is 13.2 Å². The summed E-state index contributed by atoms with van der Waals surface area (Å²) in [5.74, 6) is -0.833. The van der Waals surface area contributed by atoms with E-state index in [1.807, 2.05) is 0 Å². The number of carbonyl (C=O) groups excluding carboxylic acids is 2. The first-order chi connectivity index (χ1) is 44.8. The lowest BCUT2D eigenvalue weighted by atomic mass is 10.0. The summed E-state index contributed by atoms with van der Waals surface area (Å²) in [7, 11) is -4.41. The van der Waals surface area contributed by atoms with Crippen LogP contribution in [-0.4, -0.2) is 49.3 Å². The molecule has 91 heavy (non-hydrogen) atoms. The number of unbranched alkanes of at least 4 members (excludes halogenated alkanes) is 29. The topological polar surface area (TPSA) is 134 Å². The van der Waals surface area contributed by atoms with Crippen molar-refractivity contribution in [2.24, 2.45) is 5.73 Å². The Morgan fingerprint density at radius 1 is 0.330 bits per heavy atom. The standard InChI is InChI=1S/C81H136NO8P/c1-3-5-7-9-11-13-15-17-19-21-23-25-27-29-31-33-35-36-37-38-39-40-41-42-44-45-47-49-51-53-55-57-59-61-63-65-67-69-71-73-80(83)87-77-79(78-89-91(85,86)88-76-75-82)90-81(84)74-72-70-68-66-64-62-60-58-56-54-52-50-48-46-43-34-32-30-28-26-24-22-20-18-16-14-12-10-8-6-4-2/h5-8,11-14,17-20,23-26,29-32,35-36,43,46,50,52,79H,3-4,9-10,15-16,21-22,27-28,33-34,37-42,44-45,47-49,51,53-78,82H2,1-2H3,(H,85,86)/b7-5-,8-6-,13-11-,14-12-,19-17-,20-18-,25-23-,26-24-,31-29-,32-30-,36-35-,46-43-,52-50-. The fourth-order valence-corrected chi connectivity index (χ4v) is 10.8. The van der Waals surface area contributed by atoms with E-state index in [4.69, 9.17) is 24.3 Å². The fourth-order valence-electron chi connectivity index (χ4n) is 10.0. The molecule has 0 aliphatic heterocycles. The molecular weight excluding hydrogens is 1150 g/mol. The first-order valence-corrected chi connectivity index (χ1v) is 38.5. The predicted molar refractivity (Wildman–Crippen MR) is 394 cm³/mol. The molecule has 3 N–H and O–H groups in total. The Bertz CT molecular complexity index is 2050. The first kappa shape index (κ1) is 86.6. The van der Waals surface area contributed by atoms with Crippen LogP contribution in [0.2, 0.25) is 0 Å². The minimum absolute atomic E-state index is 0.0467. The lowest BCUT2D eigenvalue weighted by Crippen LogP contribution is -2.29. The molecule has 0 saturated carbocycles. The second-order valence-corrected chi connectivity index (χ2v) is 25.5. The molecular formula is C81H136NO8P. The van der Waals surface area contributed by atoms with Gasteiger partial charge in [-0.2, -0.15) is 0 Å². The average Bonchev–Trinajstić information content (AvgIpc) is 3.71. The van der Waals surface area contributed by atoms with E-state index in [-0.39, 0.29) is 38.6 Å². The monoisotopic (exact) mass is 1280 g/mol. The molecule has 0 radical (unpaired) electrons. The van der Waals surface area contributed by atoms with E-state index in [0.29, 0.717) is 6.42 Å². The summed E-state index contributed by atoms with van der Waals surface area (Å²) >= 11 is 0. The third kappa shape index (κ3) is 74.5. The number of rotatable bonds is 68. The third-order valence-electron chi connectivity index (χ3n) is 15.4. The maximum absolute atomic E-state index is 12.8. The quantitative estimate of drug-likeness (QED) is 0.0264. The Morgan fingerprint density at radius 2 is 0.571 bits per heavy atom. The van der Waals surface area contributed by atoms with Crippen molar-refractivity contribution in [3.05, 3.63) is 158 Å². The van der Waals surface area contributed by atoms with Crippen LogP contribution >= 0.6 is 7.82 Å². The molecule has 0 amide bonds. The highest BCUT2D eigenvalue weighted by Crippen LogP contribution is 2.43. The highest BCUT2D eigenvalue weighted by atomic mass is 31.2. The van der Waals surface area contributed by atoms with Crippen molar-refractivity contribution < 1.29 is 37.6 Å². The number of phosphoric acid groups is 1. The molecule has 0 aromatic rings. The number of nitrogens with two attached hydrogens (primary N) is 1. The number of carbonyl (C=O) groups is 2. The van der Waals surface area contributed by atoms with Crippen molar-refractivity contribution in [3.63, 3.8) is 0 Å². The van der Waals surface area contributed by atoms with Gasteiger partial charge < -0.3 is 20.1 Å². The molecule has 0 aliphatic rings. The summed E-state index contributed by atoms with van der Waals surface area (Å²) in [5.41, 5.74) is 5.41. The molecule has 9 nitrogen and oxygen atoms in total. The van der Waals surface area contributed by atoms with Crippen molar-refractivity contribution in [1.82, 2.24) is 0 Å². The summed E-state index contributed by atoms with van der Waals surface area (Å²) in [4.78, 5) is 35.4. The molecule has 10 heteroatoms. The van der Waals surface area contributed by atoms with Gasteiger partial charge >= 0.3 is 19.8 Å². The van der Waals surface area contributed by atoms with E-state index in [1.165, 1.54) is 148 Å². The number of hydrogen-bond donors (Lipinski definition) is 2. The van der Waals surface area contributed by atoms with Crippen LogP contribution in [0.3, 0.4) is 0 Å². The Labute approximate surface area is 559 Å². The zero-order chi connectivity index (χ0) is 65.8. The molecule has 518 valence electrons. The molecule has 0 fully saturated rings. The fraction of sp³-hybridized carbons (Fsp3) is 0.654. The SMILES string of the molecule is CC/C=C\C/C=C\C/C=C\C/C=C\C/C=C\C/C=C\C/C=C\CCCCCCCCCCCC(=O)OC(COC(=O)CCCCCCCCCCCCCCCCCCCCCC/C=C\C/C=C\C/C=C\C/C=C\C/C=C\C/C=C\CC)COP(=O)(O)OCCN. The molecule has 0 aromatic heterocycles. The molecule has 0 heterocycles. The molecule has 2 unspecified atom stereocenters. The van der Waals surface area contributed by atoms with Crippen molar-refractivity contribution in [2.75, 3.05) is 26.4 Å². The van der Waals surface area contributed by atoms with Gasteiger partial charge in [0.1, 0.15) is 6.61 Å². The summed E-state index contributed by atoms with van der Waals surface area (Å²) in [6.45, 7) is 3.52. The number of esters is 2. The van der Waals surface area contributed by atoms with Gasteiger partial charge in [-0.15, -0.1) is 0 Å². The highest BCUT2D eigenvalue weighted by Gasteiger charge is 2.26. The first-order valence-electron chi connectivity index (χ1n) is 37.0. The zero-order valence-corrected chi connectivity index (χ0v) is 59.2. The van der Waals surface area contributed by atoms with Crippen LogP contribution in [0.25, 0.3) is 0 Å². The molecule has 0 saturated heterocycles. The molecule has 0 aliphatic carbocycles. The number of hydrogen-bond acceptors (Lipinski definition) is 8. The zero-order valence-electron chi connectivity index (χ0n) is 58.3. The average molecular weight is 1280 g/mol. The number of allylic oxidation sites excluding steroid dienone is 26. The van der Waals surface area contributed by atoms with Gasteiger partial charge in [-0.1, -0.05) is 332 Å². The normalized spacial score (nSPS) is 13.8. The van der Waals surface area contributed by atoms with Gasteiger partial charge in [0, 0.05) is 19.4 Å². The third-order valence-corrected chi connectivity index (χ3v) is 16.4. The minimum atomic E-state index is -4.41. The Morgan fingerprint density at radius 3 is 0.846 bits per heavy atom. The van der Waals surface area contributed by atoms with E-state index in [2.05, 4.69) is 172 Å². The Balaban J connectivity index is 3.88. The van der Waals surface area contributed by atoms with Gasteiger partial charge in [0.15, 0.2) is 6.10 Å². The molecule has 0 bridgehead atoms. The van der Waals surface area contributed by atoms with E-state index >= 15 is 0 Å². The lowest BCUT2D eigenvalue weighted by molar-refractivity contribution is -0.161. The van der Waals surface area contributed by atoms with Crippen molar-refractivity contribution in [2.45, 2.75) is 315 Å². The molecule has 0 spiro atoms. The number of ether oxygens (including phenoxy) is 2. The minimum Gasteiger partial charge on any atom is -0.462 e. The maximum Gasteiger partial charge on any atom is 0.472 e. The summed E-state index contributed by atoms with van der Waals surface area (Å²) in [6.07, 6.45) is 109. The van der Waals surface area contributed by atoms with Gasteiger partial charge in [0.2, 0.25) is 0 Å². The van der Waals surface area contributed by atoms with Crippen LogP contribution in [-0.2, 0) is 32.7 Å². The Kier molecular flexibility index (Phi) is 71.1. The van der Waals surface area contributed by atoms with Crippen LogP contribution in [0.4, 0.5) is 0 Å². The lowest BCUT2D eigenvalue weighted by Gasteiger charge is -2.19. The number of phosphoric ester groups is 1. The smallest absolute Gasteiger partial charge is 0.462 e. The van der Waals surface area contributed by atoms with Gasteiger partial charge in [0.25, 0.3) is 0 Å². The van der Waals surface area contributed by atoms with Gasteiger partial charge in [-0.05, 0) is 122 Å². The van der Waals surface area contributed by atoms with Gasteiger partial charge in [-0.3, -0.25) is 18.6 Å². The molecule has 2 atom stereocenters. The van der Waals surface area contributed by atoms with E-state index in [0.717, 1.165) is 128 Å². The Hall–Kier alpha value is -4.37. The van der Waals surface area contributed by atoms with Crippen molar-refractivity contribution in [1.29, 1.82) is 0 Å². The van der Waals surface area contributed by atoms with Crippen LogP contribution in [0.1, 0.15) is 309 Å².